The van der Waals surface area contributed by atoms with Gasteiger partial charge in [0.2, 0.25) is 0 Å². The van der Waals surface area contributed by atoms with E-state index in [0.717, 1.165) is 17.7 Å². The Hall–Kier alpha value is -2.81. The zero-order chi connectivity index (χ0) is 25.1. The van der Waals surface area contributed by atoms with Crippen LogP contribution in [-0.4, -0.2) is 37.0 Å². The maximum atomic E-state index is 13.5. The lowest BCUT2D eigenvalue weighted by Crippen LogP contribution is -2.30. The fourth-order valence-electron chi connectivity index (χ4n) is 4.13. The monoisotopic (exact) mass is 484 g/mol. The van der Waals surface area contributed by atoms with Gasteiger partial charge in [-0.05, 0) is 86.8 Å². The van der Waals surface area contributed by atoms with Crippen molar-refractivity contribution in [2.75, 3.05) is 26.2 Å². The molecule has 1 heterocycles. The van der Waals surface area contributed by atoms with Gasteiger partial charge in [0.05, 0.1) is 11.1 Å². The lowest BCUT2D eigenvalue weighted by molar-refractivity contribution is -0.143. The second-order valence-electron chi connectivity index (χ2n) is 8.08. The molecule has 9 heteroatoms. The minimum atomic E-state index is -4.93. The van der Waals surface area contributed by atoms with Crippen LogP contribution in [0, 0.1) is 0 Å². The first-order valence-electron chi connectivity index (χ1n) is 11.1. The number of amides is 1. The standard InChI is InChI=1S/C25H26F6N2O/c1-3-33(4-2)23(34)18-7-5-16(6-8-18)22(17-9-11-32-12-10-17)19-13-20(24(26,27)28)15-21(14-19)25(29,30)31/h5-8,13-15,32H,3-4,9-12H2,1-2H3. The van der Waals surface area contributed by atoms with Crippen molar-refractivity contribution in [3.63, 3.8) is 0 Å². The molecule has 0 atom stereocenters. The minimum Gasteiger partial charge on any atom is -0.339 e. The number of piperidine rings is 1. The van der Waals surface area contributed by atoms with Crippen molar-refractivity contribution in [1.29, 1.82) is 0 Å². The lowest BCUT2D eigenvalue weighted by atomic mass is 9.87. The maximum Gasteiger partial charge on any atom is 0.416 e. The number of carbonyl (C=O) groups excluding carboxylic acids is 1. The Kier molecular flexibility index (Phi) is 7.75. The molecule has 0 unspecified atom stereocenters. The SMILES string of the molecule is CCN(CC)C(=O)c1ccc(C(=C2CCNCC2)c2cc(C(F)(F)F)cc(C(F)(F)F)c2)cc1. The van der Waals surface area contributed by atoms with E-state index >= 15 is 0 Å². The maximum absolute atomic E-state index is 13.5. The van der Waals surface area contributed by atoms with Crippen molar-refractivity contribution < 1.29 is 31.1 Å². The van der Waals surface area contributed by atoms with Crippen LogP contribution in [0.5, 0.6) is 0 Å². The predicted molar refractivity (Wildman–Crippen MR) is 118 cm³/mol. The van der Waals surface area contributed by atoms with Gasteiger partial charge in [-0.2, -0.15) is 26.3 Å². The Morgan fingerprint density at radius 1 is 0.794 bits per heavy atom. The summed E-state index contributed by atoms with van der Waals surface area (Å²) in [5.74, 6) is -0.189. The Balaban J connectivity index is 2.17. The van der Waals surface area contributed by atoms with Gasteiger partial charge >= 0.3 is 12.4 Å². The molecule has 3 rings (SSSR count). The first-order valence-corrected chi connectivity index (χ1v) is 11.1. The Morgan fingerprint density at radius 3 is 1.71 bits per heavy atom. The van der Waals surface area contributed by atoms with Crippen LogP contribution in [0.3, 0.4) is 0 Å². The molecule has 184 valence electrons. The topological polar surface area (TPSA) is 32.3 Å². The first-order chi connectivity index (χ1) is 16.0. The van der Waals surface area contributed by atoms with Crippen LogP contribution >= 0.6 is 0 Å². The van der Waals surface area contributed by atoms with Crippen LogP contribution in [-0.2, 0) is 12.4 Å². The summed E-state index contributed by atoms with van der Waals surface area (Å²) in [5.41, 5.74) is -0.839. The molecule has 1 N–H and O–H groups in total. The van der Waals surface area contributed by atoms with E-state index in [2.05, 4.69) is 5.32 Å². The van der Waals surface area contributed by atoms with E-state index in [1.165, 1.54) is 0 Å². The minimum absolute atomic E-state index is 0.137. The largest absolute Gasteiger partial charge is 0.416 e. The van der Waals surface area contributed by atoms with E-state index in [-0.39, 0.29) is 17.5 Å². The molecule has 1 saturated heterocycles. The van der Waals surface area contributed by atoms with Crippen molar-refractivity contribution in [2.24, 2.45) is 0 Å². The molecular formula is C25H26F6N2O. The van der Waals surface area contributed by atoms with E-state index in [4.69, 9.17) is 0 Å². The molecule has 0 aromatic heterocycles. The predicted octanol–water partition coefficient (Wildman–Crippen LogP) is 6.39. The van der Waals surface area contributed by atoms with Crippen LogP contribution in [0.1, 0.15) is 59.3 Å². The number of nitrogens with zero attached hydrogens (tertiary/aromatic N) is 1. The van der Waals surface area contributed by atoms with Gasteiger partial charge in [-0.15, -0.1) is 0 Å². The van der Waals surface area contributed by atoms with Crippen LogP contribution in [0.15, 0.2) is 48.0 Å². The third-order valence-electron chi connectivity index (χ3n) is 5.91. The molecule has 0 spiro atoms. The van der Waals surface area contributed by atoms with Gasteiger partial charge in [0.25, 0.3) is 5.91 Å². The second kappa shape index (κ2) is 10.2. The van der Waals surface area contributed by atoms with Gasteiger partial charge in [0.15, 0.2) is 0 Å². The number of nitrogens with one attached hydrogen (secondary N) is 1. The van der Waals surface area contributed by atoms with Crippen LogP contribution in [0.25, 0.3) is 5.57 Å². The lowest BCUT2D eigenvalue weighted by Gasteiger charge is -2.23. The third kappa shape index (κ3) is 5.81. The van der Waals surface area contributed by atoms with E-state index < -0.39 is 23.5 Å². The molecule has 2 aromatic carbocycles. The van der Waals surface area contributed by atoms with Crippen molar-refractivity contribution >= 4 is 11.5 Å². The Morgan fingerprint density at radius 2 is 1.26 bits per heavy atom. The Labute approximate surface area is 194 Å². The molecule has 0 radical (unpaired) electrons. The average molecular weight is 484 g/mol. The van der Waals surface area contributed by atoms with Crippen molar-refractivity contribution in [1.82, 2.24) is 10.2 Å². The van der Waals surface area contributed by atoms with E-state index in [9.17, 15) is 31.1 Å². The molecule has 0 bridgehead atoms. The number of carbonyl (C=O) groups is 1. The first kappa shape index (κ1) is 25.8. The average Bonchev–Trinajstić information content (AvgIpc) is 2.80. The van der Waals surface area contributed by atoms with Gasteiger partial charge in [-0.3, -0.25) is 4.79 Å². The van der Waals surface area contributed by atoms with Crippen LogP contribution < -0.4 is 5.32 Å². The van der Waals surface area contributed by atoms with Crippen LogP contribution in [0.2, 0.25) is 0 Å². The van der Waals surface area contributed by atoms with E-state index in [0.29, 0.717) is 55.7 Å². The number of benzene rings is 2. The molecule has 1 aliphatic heterocycles. The van der Waals surface area contributed by atoms with E-state index in [1.807, 2.05) is 13.8 Å². The van der Waals surface area contributed by atoms with Crippen molar-refractivity contribution in [3.05, 3.63) is 75.9 Å². The normalized spacial score (nSPS) is 14.8. The van der Waals surface area contributed by atoms with Gasteiger partial charge in [0.1, 0.15) is 0 Å². The number of hydrogen-bond donors (Lipinski definition) is 1. The highest BCUT2D eigenvalue weighted by atomic mass is 19.4. The van der Waals surface area contributed by atoms with Gasteiger partial charge in [0, 0.05) is 18.7 Å². The highest BCUT2D eigenvalue weighted by Crippen LogP contribution is 2.40. The van der Waals surface area contributed by atoms with Crippen molar-refractivity contribution in [2.45, 2.75) is 39.0 Å². The molecule has 0 aliphatic carbocycles. The molecule has 34 heavy (non-hydrogen) atoms. The summed E-state index contributed by atoms with van der Waals surface area (Å²) < 4.78 is 81.0. The summed E-state index contributed by atoms with van der Waals surface area (Å²) in [7, 11) is 0. The third-order valence-corrected chi connectivity index (χ3v) is 5.91. The molecule has 2 aromatic rings. The van der Waals surface area contributed by atoms with E-state index in [1.54, 1.807) is 29.2 Å². The van der Waals surface area contributed by atoms with Crippen molar-refractivity contribution in [3.8, 4) is 0 Å². The van der Waals surface area contributed by atoms with Crippen LogP contribution in [0.4, 0.5) is 26.3 Å². The summed E-state index contributed by atoms with van der Waals surface area (Å²) in [5, 5.41) is 3.15. The zero-order valence-electron chi connectivity index (χ0n) is 18.9. The fourth-order valence-corrected chi connectivity index (χ4v) is 4.13. The number of rotatable bonds is 5. The molecule has 3 nitrogen and oxygen atoms in total. The highest BCUT2D eigenvalue weighted by Gasteiger charge is 2.37. The molecule has 0 saturated carbocycles. The smallest absolute Gasteiger partial charge is 0.339 e. The molecule has 1 amide bonds. The molecule has 1 aliphatic rings. The summed E-state index contributed by atoms with van der Waals surface area (Å²) in [4.78, 5) is 14.3. The summed E-state index contributed by atoms with van der Waals surface area (Å²) in [6.07, 6.45) is -8.87. The highest BCUT2D eigenvalue weighted by molar-refractivity contribution is 5.95. The molecule has 1 fully saturated rings. The Bertz CT molecular complexity index is 1010. The zero-order valence-corrected chi connectivity index (χ0v) is 18.9. The second-order valence-corrected chi connectivity index (χ2v) is 8.08. The summed E-state index contributed by atoms with van der Waals surface area (Å²) in [6.45, 7) is 5.88. The fraction of sp³-hybridized carbons (Fsp3) is 0.400. The number of halogens is 6. The number of hydrogen-bond acceptors (Lipinski definition) is 2. The summed E-state index contributed by atoms with van der Waals surface area (Å²) >= 11 is 0. The molecular weight excluding hydrogens is 458 g/mol. The van der Waals surface area contributed by atoms with Gasteiger partial charge < -0.3 is 10.2 Å². The quantitative estimate of drug-likeness (QED) is 0.499. The van der Waals surface area contributed by atoms with Gasteiger partial charge in [-0.1, -0.05) is 17.7 Å². The number of alkyl halides is 6. The van der Waals surface area contributed by atoms with Gasteiger partial charge in [-0.25, -0.2) is 0 Å². The summed E-state index contributed by atoms with van der Waals surface area (Å²) in [6, 6.07) is 8.00.